The van der Waals surface area contributed by atoms with E-state index in [4.69, 9.17) is 14.3 Å². The first kappa shape index (κ1) is 16.8. The highest BCUT2D eigenvalue weighted by molar-refractivity contribution is 7.48. The molecule has 4 heteroatoms. The van der Waals surface area contributed by atoms with Gasteiger partial charge >= 0.3 is 0 Å². The average molecular weight is 259 g/mol. The van der Waals surface area contributed by atoms with E-state index in [1.807, 2.05) is 0 Å². The summed E-state index contributed by atoms with van der Waals surface area (Å²) in [5.41, 5.74) is 0.440. The van der Waals surface area contributed by atoms with Crippen LogP contribution in [-0.2, 0) is 9.05 Å². The van der Waals surface area contributed by atoms with E-state index in [0.717, 1.165) is 13.0 Å². The van der Waals surface area contributed by atoms with Gasteiger partial charge in [0, 0.05) is 5.66 Å². The van der Waals surface area contributed by atoms with E-state index in [2.05, 4.69) is 40.7 Å². The summed E-state index contributed by atoms with van der Waals surface area (Å²) in [4.78, 5) is 0. The molecule has 0 aliphatic carbocycles. The second-order valence-electron chi connectivity index (χ2n) is 4.84. The third-order valence-electron chi connectivity index (χ3n) is 2.46. The summed E-state index contributed by atoms with van der Waals surface area (Å²) in [5, 5.41) is 8.55. The molecule has 3 nitrogen and oxygen atoms in total. The van der Waals surface area contributed by atoms with Gasteiger partial charge in [0.05, 0.1) is 25.7 Å². The molecule has 1 atom stereocenters. The fourth-order valence-corrected chi connectivity index (χ4v) is 3.85. The van der Waals surface area contributed by atoms with Gasteiger partial charge in [-0.2, -0.15) is 5.26 Å². The molecule has 0 bridgehead atoms. The summed E-state index contributed by atoms with van der Waals surface area (Å²) < 4.78 is 11.6. The minimum atomic E-state index is -0.872. The summed E-state index contributed by atoms with van der Waals surface area (Å²) >= 11 is 0. The zero-order valence-corrected chi connectivity index (χ0v) is 12.7. The Kier molecular flexibility index (Phi) is 9.74. The van der Waals surface area contributed by atoms with Crippen molar-refractivity contribution in [2.75, 3.05) is 13.2 Å². The van der Waals surface area contributed by atoms with Crippen LogP contribution in [0.4, 0.5) is 0 Å². The van der Waals surface area contributed by atoms with Crippen LogP contribution in [0.2, 0.25) is 0 Å². The highest BCUT2D eigenvalue weighted by atomic mass is 31.2. The van der Waals surface area contributed by atoms with Crippen LogP contribution in [0.15, 0.2) is 0 Å². The van der Waals surface area contributed by atoms with Gasteiger partial charge in [0.25, 0.3) is 0 Å². The van der Waals surface area contributed by atoms with Gasteiger partial charge in [0.2, 0.25) is 0 Å². The SMILES string of the molecule is CCCOP(OCCC#N)C(C(C)C)C(C)C. The Morgan fingerprint density at radius 2 is 1.59 bits per heavy atom. The van der Waals surface area contributed by atoms with Gasteiger partial charge in [0.15, 0.2) is 8.38 Å². The average Bonchev–Trinajstić information content (AvgIpc) is 2.24. The number of rotatable bonds is 9. The summed E-state index contributed by atoms with van der Waals surface area (Å²) in [5.74, 6) is 1.08. The van der Waals surface area contributed by atoms with Crippen molar-refractivity contribution in [3.05, 3.63) is 0 Å². The molecule has 0 aliphatic rings. The molecule has 0 spiro atoms. The van der Waals surface area contributed by atoms with Crippen LogP contribution in [0, 0.1) is 23.2 Å². The Bertz CT molecular complexity index is 218. The van der Waals surface area contributed by atoms with E-state index in [1.165, 1.54) is 0 Å². The smallest absolute Gasteiger partial charge is 0.174 e. The van der Waals surface area contributed by atoms with Crippen LogP contribution in [0.25, 0.3) is 0 Å². The lowest BCUT2D eigenvalue weighted by atomic mass is 10.00. The first-order valence-electron chi connectivity index (χ1n) is 6.46. The van der Waals surface area contributed by atoms with Crippen molar-refractivity contribution in [3.63, 3.8) is 0 Å². The van der Waals surface area contributed by atoms with Crippen molar-refractivity contribution < 1.29 is 9.05 Å². The van der Waals surface area contributed by atoms with E-state index >= 15 is 0 Å². The highest BCUT2D eigenvalue weighted by Gasteiger charge is 2.29. The largest absolute Gasteiger partial charge is 0.334 e. The predicted molar refractivity (Wildman–Crippen MR) is 72.8 cm³/mol. The van der Waals surface area contributed by atoms with Gasteiger partial charge in [-0.05, 0) is 18.3 Å². The van der Waals surface area contributed by atoms with Crippen molar-refractivity contribution in [1.29, 1.82) is 5.26 Å². The fraction of sp³-hybridized carbons (Fsp3) is 0.923. The van der Waals surface area contributed by atoms with Gasteiger partial charge in [-0.1, -0.05) is 34.6 Å². The molecular formula is C13H26NO2P. The molecule has 0 aromatic heterocycles. The zero-order chi connectivity index (χ0) is 13.3. The normalized spacial score (nSPS) is 13.4. The molecule has 0 saturated carbocycles. The third-order valence-corrected chi connectivity index (χ3v) is 5.02. The maximum atomic E-state index is 8.55. The molecule has 0 amide bonds. The lowest BCUT2D eigenvalue weighted by Crippen LogP contribution is -2.22. The molecule has 100 valence electrons. The quantitative estimate of drug-likeness (QED) is 0.457. The molecule has 0 saturated heterocycles. The van der Waals surface area contributed by atoms with Crippen LogP contribution in [0.3, 0.4) is 0 Å². The van der Waals surface area contributed by atoms with Crippen LogP contribution >= 0.6 is 8.38 Å². The highest BCUT2D eigenvalue weighted by Crippen LogP contribution is 2.50. The van der Waals surface area contributed by atoms with Crippen LogP contribution in [0.5, 0.6) is 0 Å². The summed E-state index contributed by atoms with van der Waals surface area (Å²) in [7, 11) is -0.872. The van der Waals surface area contributed by atoms with E-state index in [9.17, 15) is 0 Å². The van der Waals surface area contributed by atoms with Crippen LogP contribution in [-0.4, -0.2) is 18.9 Å². The summed E-state index contributed by atoms with van der Waals surface area (Å²) in [6, 6.07) is 2.11. The Morgan fingerprint density at radius 3 is 2.00 bits per heavy atom. The monoisotopic (exact) mass is 259 g/mol. The van der Waals surface area contributed by atoms with Gasteiger partial charge in [-0.15, -0.1) is 0 Å². The first-order valence-corrected chi connectivity index (χ1v) is 7.71. The van der Waals surface area contributed by atoms with Gasteiger partial charge in [-0.25, -0.2) is 0 Å². The Morgan fingerprint density at radius 1 is 1.06 bits per heavy atom. The molecule has 0 rings (SSSR count). The standard InChI is InChI=1S/C13H26NO2P/c1-6-9-15-17(16-10-7-8-14)13(11(2)3)12(4)5/h11-13H,6-7,9-10H2,1-5H3. The molecule has 0 aliphatic heterocycles. The minimum Gasteiger partial charge on any atom is -0.334 e. The fourth-order valence-electron chi connectivity index (χ4n) is 1.83. The molecule has 0 aromatic carbocycles. The van der Waals surface area contributed by atoms with Crippen LogP contribution in [0.1, 0.15) is 47.5 Å². The minimum absolute atomic E-state index is 0.440. The number of nitriles is 1. The molecule has 1 unspecified atom stereocenters. The van der Waals surface area contributed by atoms with Crippen molar-refractivity contribution >= 4 is 8.38 Å². The molecule has 0 heterocycles. The topological polar surface area (TPSA) is 42.2 Å². The van der Waals surface area contributed by atoms with E-state index < -0.39 is 8.38 Å². The van der Waals surface area contributed by atoms with E-state index in [1.54, 1.807) is 0 Å². The van der Waals surface area contributed by atoms with Gasteiger partial charge in [0.1, 0.15) is 0 Å². The lowest BCUT2D eigenvalue weighted by Gasteiger charge is -2.31. The molecule has 0 N–H and O–H groups in total. The predicted octanol–water partition coefficient (Wildman–Crippen LogP) is 4.34. The van der Waals surface area contributed by atoms with Crippen molar-refractivity contribution in [1.82, 2.24) is 0 Å². The van der Waals surface area contributed by atoms with Crippen LogP contribution < -0.4 is 0 Å². The van der Waals surface area contributed by atoms with E-state index in [-0.39, 0.29) is 0 Å². The second kappa shape index (κ2) is 9.83. The maximum absolute atomic E-state index is 8.55. The second-order valence-corrected chi connectivity index (χ2v) is 6.52. The lowest BCUT2D eigenvalue weighted by molar-refractivity contribution is 0.233. The summed E-state index contributed by atoms with van der Waals surface area (Å²) in [6.07, 6.45) is 1.45. The Labute approximate surface area is 107 Å². The Balaban J connectivity index is 4.44. The number of hydrogen-bond donors (Lipinski definition) is 0. The van der Waals surface area contributed by atoms with Gasteiger partial charge in [-0.3, -0.25) is 0 Å². The molecular weight excluding hydrogens is 233 g/mol. The first-order chi connectivity index (χ1) is 8.04. The molecule has 0 radical (unpaired) electrons. The zero-order valence-electron chi connectivity index (χ0n) is 11.8. The van der Waals surface area contributed by atoms with Crippen molar-refractivity contribution in [2.45, 2.75) is 53.1 Å². The van der Waals surface area contributed by atoms with Crippen molar-refractivity contribution in [2.24, 2.45) is 11.8 Å². The Hall–Kier alpha value is -0.160. The van der Waals surface area contributed by atoms with E-state index in [0.29, 0.717) is 30.5 Å². The van der Waals surface area contributed by atoms with Crippen molar-refractivity contribution in [3.8, 4) is 6.07 Å². The van der Waals surface area contributed by atoms with Gasteiger partial charge < -0.3 is 9.05 Å². The molecule has 17 heavy (non-hydrogen) atoms. The maximum Gasteiger partial charge on any atom is 0.174 e. The third kappa shape index (κ3) is 6.99. The molecule has 0 aromatic rings. The summed E-state index contributed by atoms with van der Waals surface area (Å²) in [6.45, 7) is 12.2. The number of nitrogens with zero attached hydrogens (tertiary/aromatic N) is 1. The molecule has 0 fully saturated rings. The number of hydrogen-bond acceptors (Lipinski definition) is 3.